The van der Waals surface area contributed by atoms with Gasteiger partial charge in [0, 0.05) is 22.5 Å². The van der Waals surface area contributed by atoms with E-state index in [1.54, 1.807) is 29.6 Å². The lowest BCUT2D eigenvalue weighted by Crippen LogP contribution is -2.09. The van der Waals surface area contributed by atoms with Crippen LogP contribution in [0.1, 0.15) is 16.8 Å². The normalized spacial score (nSPS) is 10.7. The molecule has 1 heterocycles. The van der Waals surface area contributed by atoms with Crippen molar-refractivity contribution in [3.63, 3.8) is 0 Å². The summed E-state index contributed by atoms with van der Waals surface area (Å²) in [6.45, 7) is 2.08. The summed E-state index contributed by atoms with van der Waals surface area (Å²) in [5.41, 5.74) is 3.18. The van der Waals surface area contributed by atoms with Gasteiger partial charge in [-0.15, -0.1) is 11.8 Å². The van der Waals surface area contributed by atoms with Gasteiger partial charge in [-0.3, -0.25) is 4.79 Å². The zero-order chi connectivity index (χ0) is 16.8. The van der Waals surface area contributed by atoms with Crippen molar-refractivity contribution in [2.24, 2.45) is 0 Å². The number of nitrogens with one attached hydrogen (secondary N) is 1. The molecular weight excluding hydrogens is 336 g/mol. The number of thioether (sulfide) groups is 2. The Morgan fingerprint density at radius 1 is 0.958 bits per heavy atom. The molecule has 0 saturated carbocycles. The number of H-pyrrole nitrogens is 1. The standard InChI is InChI=1S/C19H18N2OS2/c1-14-6-5-7-15(10-14)12-24-19-20-16(11-18(22)21-19)13-23-17-8-3-2-4-9-17/h2-11H,12-13H2,1H3,(H,20,21,22). The van der Waals surface area contributed by atoms with Crippen LogP contribution in [0.15, 0.2) is 75.5 Å². The summed E-state index contributed by atoms with van der Waals surface area (Å²) in [7, 11) is 0. The predicted octanol–water partition coefficient (Wildman–Crippen LogP) is 4.66. The molecule has 0 aliphatic heterocycles. The molecule has 3 rings (SSSR count). The van der Waals surface area contributed by atoms with Crippen molar-refractivity contribution in [2.75, 3.05) is 0 Å². The van der Waals surface area contributed by atoms with Crippen LogP contribution >= 0.6 is 23.5 Å². The predicted molar refractivity (Wildman–Crippen MR) is 102 cm³/mol. The third kappa shape index (κ3) is 5.01. The van der Waals surface area contributed by atoms with Crippen molar-refractivity contribution >= 4 is 23.5 Å². The minimum atomic E-state index is -0.0968. The molecule has 24 heavy (non-hydrogen) atoms. The van der Waals surface area contributed by atoms with Gasteiger partial charge in [-0.1, -0.05) is 59.8 Å². The number of hydrogen-bond donors (Lipinski definition) is 1. The molecule has 2 aromatic carbocycles. The Balaban J connectivity index is 1.66. The van der Waals surface area contributed by atoms with Gasteiger partial charge in [-0.2, -0.15) is 0 Å². The number of aromatic nitrogens is 2. The van der Waals surface area contributed by atoms with E-state index in [0.717, 1.165) is 11.4 Å². The van der Waals surface area contributed by atoms with Gasteiger partial charge in [0.05, 0.1) is 5.69 Å². The number of hydrogen-bond acceptors (Lipinski definition) is 4. The first-order chi connectivity index (χ1) is 11.7. The van der Waals surface area contributed by atoms with Gasteiger partial charge >= 0.3 is 0 Å². The van der Waals surface area contributed by atoms with E-state index >= 15 is 0 Å². The van der Waals surface area contributed by atoms with Crippen LogP contribution in [-0.4, -0.2) is 9.97 Å². The average Bonchev–Trinajstić information content (AvgIpc) is 2.59. The SMILES string of the molecule is Cc1cccc(CSc2nc(CSc3ccccc3)cc(=O)[nH]2)c1. The number of aryl methyl sites for hydroxylation is 1. The second-order valence-corrected chi connectivity index (χ2v) is 7.43. The van der Waals surface area contributed by atoms with Crippen molar-refractivity contribution in [1.29, 1.82) is 0 Å². The molecule has 1 N–H and O–H groups in total. The van der Waals surface area contributed by atoms with Crippen molar-refractivity contribution in [3.05, 3.63) is 87.8 Å². The van der Waals surface area contributed by atoms with Gasteiger partial charge in [0.2, 0.25) is 0 Å². The van der Waals surface area contributed by atoms with Gasteiger partial charge in [0.1, 0.15) is 0 Å². The lowest BCUT2D eigenvalue weighted by atomic mass is 10.2. The minimum Gasteiger partial charge on any atom is -0.301 e. The van der Waals surface area contributed by atoms with Crippen LogP contribution in [0.3, 0.4) is 0 Å². The van der Waals surface area contributed by atoms with Crippen LogP contribution in [-0.2, 0) is 11.5 Å². The maximum absolute atomic E-state index is 11.9. The van der Waals surface area contributed by atoms with Gasteiger partial charge in [0.25, 0.3) is 5.56 Å². The second-order valence-electron chi connectivity index (χ2n) is 5.42. The first-order valence-electron chi connectivity index (χ1n) is 7.65. The highest BCUT2D eigenvalue weighted by atomic mass is 32.2. The Morgan fingerprint density at radius 2 is 1.79 bits per heavy atom. The third-order valence-electron chi connectivity index (χ3n) is 3.36. The molecule has 5 heteroatoms. The summed E-state index contributed by atoms with van der Waals surface area (Å²) in [4.78, 5) is 20.4. The summed E-state index contributed by atoms with van der Waals surface area (Å²) < 4.78 is 0. The summed E-state index contributed by atoms with van der Waals surface area (Å²) in [6.07, 6.45) is 0. The molecule has 0 unspecified atom stereocenters. The maximum atomic E-state index is 11.9. The molecular formula is C19H18N2OS2. The molecule has 0 radical (unpaired) electrons. The molecule has 0 aliphatic carbocycles. The lowest BCUT2D eigenvalue weighted by molar-refractivity contribution is 0.899. The monoisotopic (exact) mass is 354 g/mol. The Labute approximate surface area is 149 Å². The van der Waals surface area contributed by atoms with E-state index in [9.17, 15) is 4.79 Å². The molecule has 0 fully saturated rings. The molecule has 0 bridgehead atoms. The van der Waals surface area contributed by atoms with E-state index in [0.29, 0.717) is 10.9 Å². The average molecular weight is 355 g/mol. The van der Waals surface area contributed by atoms with E-state index in [4.69, 9.17) is 0 Å². The topological polar surface area (TPSA) is 45.8 Å². The van der Waals surface area contributed by atoms with E-state index < -0.39 is 0 Å². The summed E-state index contributed by atoms with van der Waals surface area (Å²) in [6, 6.07) is 20.1. The maximum Gasteiger partial charge on any atom is 0.251 e. The number of benzene rings is 2. The Bertz CT molecular complexity index is 862. The summed E-state index contributed by atoms with van der Waals surface area (Å²) in [5.74, 6) is 1.48. The first kappa shape index (κ1) is 16.9. The molecule has 1 aromatic heterocycles. The van der Waals surface area contributed by atoms with Crippen LogP contribution in [0.2, 0.25) is 0 Å². The van der Waals surface area contributed by atoms with Crippen LogP contribution in [0, 0.1) is 6.92 Å². The smallest absolute Gasteiger partial charge is 0.251 e. The van der Waals surface area contributed by atoms with Gasteiger partial charge in [0.15, 0.2) is 5.16 Å². The quantitative estimate of drug-likeness (QED) is 0.516. The fourth-order valence-corrected chi connectivity index (χ4v) is 3.90. The zero-order valence-electron chi connectivity index (χ0n) is 13.4. The fraction of sp³-hybridized carbons (Fsp3) is 0.158. The number of nitrogens with zero attached hydrogens (tertiary/aromatic N) is 1. The Hall–Kier alpha value is -1.98. The molecule has 122 valence electrons. The van der Waals surface area contributed by atoms with Crippen molar-refractivity contribution in [3.8, 4) is 0 Å². The highest BCUT2D eigenvalue weighted by Crippen LogP contribution is 2.23. The number of rotatable bonds is 6. The molecule has 3 nitrogen and oxygen atoms in total. The van der Waals surface area contributed by atoms with E-state index in [1.165, 1.54) is 16.0 Å². The van der Waals surface area contributed by atoms with Crippen LogP contribution in [0.25, 0.3) is 0 Å². The summed E-state index contributed by atoms with van der Waals surface area (Å²) >= 11 is 3.24. The highest BCUT2D eigenvalue weighted by Gasteiger charge is 2.04. The van der Waals surface area contributed by atoms with Crippen LogP contribution in [0.4, 0.5) is 0 Å². The zero-order valence-corrected chi connectivity index (χ0v) is 15.0. The molecule has 0 aliphatic rings. The fourth-order valence-electron chi connectivity index (χ4n) is 2.25. The number of aromatic amines is 1. The molecule has 0 spiro atoms. The van der Waals surface area contributed by atoms with E-state index in [1.807, 2.05) is 24.3 Å². The molecule has 0 saturated heterocycles. The van der Waals surface area contributed by atoms with Crippen molar-refractivity contribution < 1.29 is 0 Å². The lowest BCUT2D eigenvalue weighted by Gasteiger charge is -2.05. The second kappa shape index (κ2) is 8.22. The summed E-state index contributed by atoms with van der Waals surface area (Å²) in [5, 5.41) is 0.674. The van der Waals surface area contributed by atoms with Crippen LogP contribution < -0.4 is 5.56 Å². The largest absolute Gasteiger partial charge is 0.301 e. The molecule has 0 atom stereocenters. The van der Waals surface area contributed by atoms with Gasteiger partial charge in [-0.25, -0.2) is 4.98 Å². The molecule has 0 amide bonds. The van der Waals surface area contributed by atoms with Gasteiger partial charge in [-0.05, 0) is 24.6 Å². The van der Waals surface area contributed by atoms with Gasteiger partial charge < -0.3 is 4.98 Å². The first-order valence-corrected chi connectivity index (χ1v) is 9.62. The minimum absolute atomic E-state index is 0.0968. The Morgan fingerprint density at radius 3 is 2.58 bits per heavy atom. The van der Waals surface area contributed by atoms with Crippen LogP contribution in [0.5, 0.6) is 0 Å². The van der Waals surface area contributed by atoms with Crippen molar-refractivity contribution in [1.82, 2.24) is 9.97 Å². The van der Waals surface area contributed by atoms with Crippen molar-refractivity contribution in [2.45, 2.75) is 28.5 Å². The van der Waals surface area contributed by atoms with E-state index in [-0.39, 0.29) is 5.56 Å². The molecule has 3 aromatic rings. The van der Waals surface area contributed by atoms with E-state index in [2.05, 4.69) is 47.2 Å². The third-order valence-corrected chi connectivity index (χ3v) is 5.35. The Kier molecular flexibility index (Phi) is 5.77. The highest BCUT2D eigenvalue weighted by molar-refractivity contribution is 7.98.